The number of carboxylic acids is 1. The molecule has 2 aromatic heterocycles. The highest BCUT2D eigenvalue weighted by atomic mass is 35.5. The van der Waals surface area contributed by atoms with Gasteiger partial charge >= 0.3 is 5.97 Å². The van der Waals surface area contributed by atoms with Gasteiger partial charge in [-0.05, 0) is 24.3 Å². The summed E-state index contributed by atoms with van der Waals surface area (Å²) in [5.74, 6) is -1.82. The quantitative estimate of drug-likeness (QED) is 0.790. The maximum absolute atomic E-state index is 14.0. The first kappa shape index (κ1) is 13.5. The maximum atomic E-state index is 14.0. The Morgan fingerprint density at radius 1 is 1.38 bits per heavy atom. The van der Waals surface area contributed by atoms with E-state index in [-0.39, 0.29) is 21.5 Å². The topological polar surface area (TPSA) is 68.0 Å². The summed E-state index contributed by atoms with van der Waals surface area (Å²) in [6.07, 6.45) is 1.55. The Kier molecular flexibility index (Phi) is 3.10. The first-order chi connectivity index (χ1) is 9.99. The van der Waals surface area contributed by atoms with Gasteiger partial charge in [-0.3, -0.25) is 4.68 Å². The van der Waals surface area contributed by atoms with Crippen molar-refractivity contribution in [1.29, 1.82) is 0 Å². The van der Waals surface area contributed by atoms with Crippen LogP contribution in [0.25, 0.3) is 22.3 Å². The molecule has 3 aromatic rings. The normalized spacial score (nSPS) is 11.0. The van der Waals surface area contributed by atoms with Crippen LogP contribution in [0.4, 0.5) is 4.39 Å². The van der Waals surface area contributed by atoms with Crippen molar-refractivity contribution in [2.45, 2.75) is 0 Å². The van der Waals surface area contributed by atoms with E-state index in [1.165, 1.54) is 16.8 Å². The molecule has 1 aromatic carbocycles. The van der Waals surface area contributed by atoms with Crippen molar-refractivity contribution in [3.63, 3.8) is 0 Å². The number of pyridine rings is 1. The van der Waals surface area contributed by atoms with Gasteiger partial charge in [-0.1, -0.05) is 11.6 Å². The fourth-order valence-corrected chi connectivity index (χ4v) is 2.45. The van der Waals surface area contributed by atoms with Gasteiger partial charge in [-0.25, -0.2) is 14.2 Å². The summed E-state index contributed by atoms with van der Waals surface area (Å²) < 4.78 is 15.5. The lowest BCUT2D eigenvalue weighted by Crippen LogP contribution is -2.03. The number of hydrogen-bond acceptors (Lipinski definition) is 3. The Morgan fingerprint density at radius 3 is 2.76 bits per heavy atom. The molecule has 0 amide bonds. The van der Waals surface area contributed by atoms with E-state index in [1.54, 1.807) is 19.3 Å². The molecule has 106 valence electrons. The molecule has 3 rings (SSSR count). The van der Waals surface area contributed by atoms with E-state index in [0.29, 0.717) is 11.4 Å². The molecule has 1 N–H and O–H groups in total. The number of nitrogens with zero attached hydrogens (tertiary/aromatic N) is 3. The Labute approximate surface area is 123 Å². The molecule has 0 saturated heterocycles. The molecule has 0 spiro atoms. The van der Waals surface area contributed by atoms with Crippen LogP contribution in [-0.2, 0) is 7.05 Å². The molecular weight excluding hydrogens is 297 g/mol. The smallest absolute Gasteiger partial charge is 0.336 e. The maximum Gasteiger partial charge on any atom is 0.336 e. The van der Waals surface area contributed by atoms with Crippen molar-refractivity contribution in [1.82, 2.24) is 14.8 Å². The second kappa shape index (κ2) is 4.82. The van der Waals surface area contributed by atoms with E-state index in [2.05, 4.69) is 10.1 Å². The van der Waals surface area contributed by atoms with Crippen LogP contribution in [0, 0.1) is 5.82 Å². The second-order valence-corrected chi connectivity index (χ2v) is 4.86. The molecule has 0 radical (unpaired) electrons. The van der Waals surface area contributed by atoms with Crippen LogP contribution in [0.2, 0.25) is 5.02 Å². The summed E-state index contributed by atoms with van der Waals surface area (Å²) in [5, 5.41) is 13.6. The largest absolute Gasteiger partial charge is 0.478 e. The van der Waals surface area contributed by atoms with Gasteiger partial charge in [0.25, 0.3) is 0 Å². The van der Waals surface area contributed by atoms with Gasteiger partial charge in [-0.2, -0.15) is 5.10 Å². The lowest BCUT2D eigenvalue weighted by molar-refractivity contribution is 0.0699. The number of halogens is 2. The van der Waals surface area contributed by atoms with Crippen LogP contribution in [-0.4, -0.2) is 25.8 Å². The van der Waals surface area contributed by atoms with Gasteiger partial charge in [0.2, 0.25) is 0 Å². The zero-order valence-corrected chi connectivity index (χ0v) is 11.6. The SMILES string of the molecule is Cn1nccc1-c1cc(C(=O)O)c2c(Cl)ccc(F)c2n1. The third kappa shape index (κ3) is 2.13. The number of hydrogen-bond donors (Lipinski definition) is 1. The van der Waals surface area contributed by atoms with Crippen molar-refractivity contribution >= 4 is 28.5 Å². The Balaban J connectivity index is 2.43. The van der Waals surface area contributed by atoms with Gasteiger partial charge in [0, 0.05) is 18.6 Å². The number of rotatable bonds is 2. The van der Waals surface area contributed by atoms with Gasteiger partial charge in [-0.15, -0.1) is 0 Å². The van der Waals surface area contributed by atoms with E-state index in [0.717, 1.165) is 6.07 Å². The molecule has 7 heteroatoms. The molecule has 5 nitrogen and oxygen atoms in total. The average Bonchev–Trinajstić information content (AvgIpc) is 2.88. The third-order valence-electron chi connectivity index (χ3n) is 3.17. The summed E-state index contributed by atoms with van der Waals surface area (Å²) in [5.41, 5.74) is 0.735. The molecule has 0 fully saturated rings. The number of fused-ring (bicyclic) bond motifs is 1. The van der Waals surface area contributed by atoms with Crippen molar-refractivity contribution in [2.24, 2.45) is 7.05 Å². The highest BCUT2D eigenvalue weighted by molar-refractivity contribution is 6.36. The number of aromatic nitrogens is 3. The van der Waals surface area contributed by atoms with E-state index >= 15 is 0 Å². The van der Waals surface area contributed by atoms with E-state index in [1.807, 2.05) is 0 Å². The molecule has 21 heavy (non-hydrogen) atoms. The van der Waals surface area contributed by atoms with Crippen molar-refractivity contribution in [2.75, 3.05) is 0 Å². The minimum atomic E-state index is -1.20. The summed E-state index contributed by atoms with van der Waals surface area (Å²) in [4.78, 5) is 15.7. The third-order valence-corrected chi connectivity index (χ3v) is 3.49. The van der Waals surface area contributed by atoms with Crippen LogP contribution in [0.15, 0.2) is 30.5 Å². The average molecular weight is 306 g/mol. The predicted octanol–water partition coefficient (Wildman–Crippen LogP) is 3.13. The van der Waals surface area contributed by atoms with Gasteiger partial charge in [0.1, 0.15) is 11.3 Å². The highest BCUT2D eigenvalue weighted by Gasteiger charge is 2.19. The summed E-state index contributed by atoms with van der Waals surface area (Å²) >= 11 is 6.00. The molecular formula is C14H9ClFN3O2. The number of aryl methyl sites for hydroxylation is 1. The zero-order valence-electron chi connectivity index (χ0n) is 10.8. The first-order valence-corrected chi connectivity index (χ1v) is 6.37. The molecule has 0 atom stereocenters. The lowest BCUT2D eigenvalue weighted by Gasteiger charge is -2.09. The molecule has 0 saturated carbocycles. The number of aromatic carboxylic acids is 1. The van der Waals surface area contributed by atoms with Crippen LogP contribution < -0.4 is 0 Å². The van der Waals surface area contributed by atoms with E-state index in [9.17, 15) is 14.3 Å². The number of benzene rings is 1. The summed E-state index contributed by atoms with van der Waals surface area (Å²) in [7, 11) is 1.69. The molecule has 0 unspecified atom stereocenters. The minimum absolute atomic E-state index is 0.0707. The van der Waals surface area contributed by atoms with Gasteiger partial charge in [0.05, 0.1) is 22.0 Å². The minimum Gasteiger partial charge on any atom is -0.478 e. The first-order valence-electron chi connectivity index (χ1n) is 5.99. The number of carboxylic acid groups (broad SMARTS) is 1. The molecule has 0 bridgehead atoms. The fraction of sp³-hybridized carbons (Fsp3) is 0.0714. The second-order valence-electron chi connectivity index (χ2n) is 4.45. The van der Waals surface area contributed by atoms with E-state index < -0.39 is 11.8 Å². The summed E-state index contributed by atoms with van der Waals surface area (Å²) in [6, 6.07) is 5.52. The van der Waals surface area contributed by atoms with Crippen LogP contribution in [0.3, 0.4) is 0 Å². The molecule has 2 heterocycles. The van der Waals surface area contributed by atoms with Crippen molar-refractivity contribution in [3.8, 4) is 11.4 Å². The predicted molar refractivity (Wildman–Crippen MR) is 75.9 cm³/mol. The zero-order chi connectivity index (χ0) is 15.1. The Morgan fingerprint density at radius 2 is 2.14 bits per heavy atom. The van der Waals surface area contributed by atoms with Crippen molar-refractivity contribution in [3.05, 3.63) is 46.9 Å². The fourth-order valence-electron chi connectivity index (χ4n) is 2.19. The number of carbonyl (C=O) groups is 1. The summed E-state index contributed by atoms with van der Waals surface area (Å²) in [6.45, 7) is 0. The van der Waals surface area contributed by atoms with E-state index in [4.69, 9.17) is 11.6 Å². The van der Waals surface area contributed by atoms with Crippen molar-refractivity contribution < 1.29 is 14.3 Å². The van der Waals surface area contributed by atoms with Crippen LogP contribution >= 0.6 is 11.6 Å². The monoisotopic (exact) mass is 305 g/mol. The molecule has 0 aliphatic carbocycles. The Hall–Kier alpha value is -2.47. The molecule has 0 aliphatic heterocycles. The van der Waals surface area contributed by atoms with Crippen LogP contribution in [0.5, 0.6) is 0 Å². The lowest BCUT2D eigenvalue weighted by atomic mass is 10.1. The van der Waals surface area contributed by atoms with Crippen LogP contribution in [0.1, 0.15) is 10.4 Å². The highest BCUT2D eigenvalue weighted by Crippen LogP contribution is 2.31. The molecule has 0 aliphatic rings. The standard InChI is InChI=1S/C14H9ClFN3O2/c1-19-11(4-5-17-19)10-6-7(14(20)21)12-8(15)2-3-9(16)13(12)18-10/h2-6H,1H3,(H,20,21). The Bertz CT molecular complexity index is 876. The van der Waals surface area contributed by atoms with Gasteiger partial charge in [0.15, 0.2) is 0 Å². The van der Waals surface area contributed by atoms with Gasteiger partial charge < -0.3 is 5.11 Å².